The van der Waals surface area contributed by atoms with E-state index in [1.54, 1.807) is 34.9 Å². The van der Waals surface area contributed by atoms with Crippen molar-refractivity contribution in [1.82, 2.24) is 9.55 Å². The Hall–Kier alpha value is -3.53. The van der Waals surface area contributed by atoms with E-state index in [2.05, 4.69) is 32.8 Å². The number of nitrogens with zero attached hydrogens (tertiary/aromatic N) is 4. The average molecular weight is 522 g/mol. The summed E-state index contributed by atoms with van der Waals surface area (Å²) in [5.41, 5.74) is 2.91. The predicted molar refractivity (Wildman–Crippen MR) is 128 cm³/mol. The standard InChI is InChI=1S/C23H15IN4O3/c1-31-19-8-4-5-13(21(19)29)12-25-27-20-16-11-14(24)9-10-18(16)28-22(20)26-17-7-3-2-6-15(17)23(28)30/h2-12,29H,1H3/b25-12+,27-20-. The van der Waals surface area contributed by atoms with Crippen LogP contribution in [-0.2, 0) is 0 Å². The second-order valence-corrected chi connectivity index (χ2v) is 8.09. The van der Waals surface area contributed by atoms with Gasteiger partial charge in [0.1, 0.15) is 5.71 Å². The number of phenols is 1. The van der Waals surface area contributed by atoms with Gasteiger partial charge in [0.25, 0.3) is 5.56 Å². The van der Waals surface area contributed by atoms with Gasteiger partial charge in [-0.3, -0.25) is 9.36 Å². The van der Waals surface area contributed by atoms with Gasteiger partial charge < -0.3 is 9.84 Å². The molecule has 0 fully saturated rings. The van der Waals surface area contributed by atoms with Crippen molar-refractivity contribution >= 4 is 45.4 Å². The maximum absolute atomic E-state index is 13.2. The van der Waals surface area contributed by atoms with Crippen molar-refractivity contribution in [2.45, 2.75) is 0 Å². The summed E-state index contributed by atoms with van der Waals surface area (Å²) in [7, 11) is 1.48. The van der Waals surface area contributed by atoms with Crippen LogP contribution >= 0.6 is 22.6 Å². The van der Waals surface area contributed by atoms with Crippen LogP contribution in [0.5, 0.6) is 11.5 Å². The molecule has 2 heterocycles. The van der Waals surface area contributed by atoms with Crippen molar-refractivity contribution in [1.29, 1.82) is 0 Å². The largest absolute Gasteiger partial charge is 0.504 e. The van der Waals surface area contributed by atoms with E-state index in [4.69, 9.17) is 9.72 Å². The van der Waals surface area contributed by atoms with Gasteiger partial charge >= 0.3 is 0 Å². The van der Waals surface area contributed by atoms with Crippen LogP contribution in [0.1, 0.15) is 17.0 Å². The highest BCUT2D eigenvalue weighted by Crippen LogP contribution is 2.30. The van der Waals surface area contributed by atoms with Gasteiger partial charge in [-0.15, -0.1) is 5.10 Å². The number of ether oxygens (including phenoxy) is 1. The smallest absolute Gasteiger partial charge is 0.266 e. The van der Waals surface area contributed by atoms with E-state index in [1.807, 2.05) is 30.3 Å². The predicted octanol–water partition coefficient (Wildman–Crippen LogP) is 3.89. The van der Waals surface area contributed by atoms with E-state index >= 15 is 0 Å². The molecular weight excluding hydrogens is 507 g/mol. The Morgan fingerprint density at radius 1 is 1.13 bits per heavy atom. The highest BCUT2D eigenvalue weighted by molar-refractivity contribution is 14.1. The van der Waals surface area contributed by atoms with Gasteiger partial charge in [0.2, 0.25) is 0 Å². The Balaban J connectivity index is 1.70. The lowest BCUT2D eigenvalue weighted by Crippen LogP contribution is -2.21. The van der Waals surface area contributed by atoms with Gasteiger partial charge in [-0.2, -0.15) is 5.10 Å². The summed E-state index contributed by atoms with van der Waals surface area (Å²) in [6, 6.07) is 18.1. The fraction of sp³-hybridized carbons (Fsp3) is 0.0435. The van der Waals surface area contributed by atoms with Crippen molar-refractivity contribution < 1.29 is 9.84 Å². The fourth-order valence-corrected chi connectivity index (χ4v) is 4.08. The van der Waals surface area contributed by atoms with Crippen LogP contribution in [-0.4, -0.2) is 33.7 Å². The van der Waals surface area contributed by atoms with Crippen molar-refractivity contribution in [3.63, 3.8) is 0 Å². The molecule has 0 saturated heterocycles. The molecular formula is C23H15IN4O3. The third kappa shape index (κ3) is 3.19. The average Bonchev–Trinajstić information content (AvgIpc) is 3.08. The van der Waals surface area contributed by atoms with Crippen LogP contribution < -0.4 is 10.3 Å². The van der Waals surface area contributed by atoms with Gasteiger partial charge in [0, 0.05) is 14.7 Å². The fourth-order valence-electron chi connectivity index (χ4n) is 3.58. The first-order valence-electron chi connectivity index (χ1n) is 9.38. The number of rotatable bonds is 3. The van der Waals surface area contributed by atoms with Gasteiger partial charge in [0.05, 0.1) is 29.9 Å². The summed E-state index contributed by atoms with van der Waals surface area (Å²) in [4.78, 5) is 17.9. The zero-order valence-corrected chi connectivity index (χ0v) is 18.4. The maximum atomic E-state index is 13.2. The first-order valence-corrected chi connectivity index (χ1v) is 10.5. The third-order valence-corrected chi connectivity index (χ3v) is 5.72. The van der Waals surface area contributed by atoms with Crippen molar-refractivity contribution in [2.24, 2.45) is 10.2 Å². The minimum Gasteiger partial charge on any atom is -0.504 e. The Kier molecular flexibility index (Phi) is 4.78. The monoisotopic (exact) mass is 522 g/mol. The van der Waals surface area contributed by atoms with E-state index in [9.17, 15) is 9.90 Å². The Bertz CT molecular complexity index is 1470. The topological polar surface area (TPSA) is 89.1 Å². The summed E-state index contributed by atoms with van der Waals surface area (Å²) in [6.45, 7) is 0. The number of halogens is 1. The van der Waals surface area contributed by atoms with Gasteiger partial charge in [-0.05, 0) is 65.1 Å². The quantitative estimate of drug-likeness (QED) is 0.221. The molecule has 31 heavy (non-hydrogen) atoms. The number of methoxy groups -OCH3 is 1. The number of aromatic nitrogens is 2. The molecule has 0 aliphatic carbocycles. The zero-order chi connectivity index (χ0) is 21.5. The molecule has 0 saturated carbocycles. The van der Waals surface area contributed by atoms with E-state index < -0.39 is 0 Å². The molecule has 1 aromatic heterocycles. The van der Waals surface area contributed by atoms with Crippen molar-refractivity contribution in [2.75, 3.05) is 7.11 Å². The third-order valence-electron chi connectivity index (χ3n) is 5.05. The number of hydrogen-bond acceptors (Lipinski definition) is 6. The molecule has 4 aromatic rings. The zero-order valence-electron chi connectivity index (χ0n) is 16.3. The summed E-state index contributed by atoms with van der Waals surface area (Å²) in [6.07, 6.45) is 1.44. The van der Waals surface area contributed by atoms with E-state index in [1.165, 1.54) is 13.3 Å². The molecule has 1 aliphatic heterocycles. The first-order chi connectivity index (χ1) is 15.1. The molecule has 3 aromatic carbocycles. The first kappa shape index (κ1) is 19.4. The van der Waals surface area contributed by atoms with E-state index in [0.717, 1.165) is 14.8 Å². The second kappa shape index (κ2) is 7.62. The summed E-state index contributed by atoms with van der Waals surface area (Å²) in [5, 5.41) is 19.4. The van der Waals surface area contributed by atoms with Gasteiger partial charge in [0.15, 0.2) is 17.3 Å². The van der Waals surface area contributed by atoms with Crippen LogP contribution in [0, 0.1) is 3.57 Å². The maximum Gasteiger partial charge on any atom is 0.266 e. The Labute approximate surface area is 190 Å². The normalized spacial score (nSPS) is 13.7. The van der Waals surface area contributed by atoms with Crippen LogP contribution in [0.15, 0.2) is 75.7 Å². The highest BCUT2D eigenvalue weighted by atomic mass is 127. The lowest BCUT2D eigenvalue weighted by Gasteiger charge is -2.05. The number of fused-ring (bicyclic) bond motifs is 4. The van der Waals surface area contributed by atoms with Crippen molar-refractivity contribution in [3.05, 3.63) is 91.5 Å². The number of aromatic hydroxyl groups is 1. The van der Waals surface area contributed by atoms with Gasteiger partial charge in [-0.25, -0.2) is 4.98 Å². The molecule has 0 radical (unpaired) electrons. The molecule has 8 heteroatoms. The molecule has 152 valence electrons. The molecule has 0 amide bonds. The molecule has 7 nitrogen and oxygen atoms in total. The van der Waals surface area contributed by atoms with Crippen LogP contribution in [0.4, 0.5) is 0 Å². The van der Waals surface area contributed by atoms with E-state index in [-0.39, 0.29) is 11.3 Å². The molecule has 5 rings (SSSR count). The SMILES string of the molecule is COc1cccc(/C=N/N=C2/c3cc(I)ccc3-n3c2nc2ccccc2c3=O)c1O. The molecule has 0 spiro atoms. The van der Waals surface area contributed by atoms with E-state index in [0.29, 0.717) is 33.8 Å². The minimum absolute atomic E-state index is 0.0175. The molecule has 0 bridgehead atoms. The summed E-state index contributed by atoms with van der Waals surface area (Å²) >= 11 is 2.22. The second-order valence-electron chi connectivity index (χ2n) is 6.85. The molecule has 1 N–H and O–H groups in total. The molecule has 1 aliphatic rings. The van der Waals surface area contributed by atoms with Crippen LogP contribution in [0.25, 0.3) is 16.6 Å². The highest BCUT2D eigenvalue weighted by Gasteiger charge is 2.29. The number of phenolic OH excluding ortho intramolecular Hbond substituents is 1. The van der Waals surface area contributed by atoms with Gasteiger partial charge in [-0.1, -0.05) is 18.2 Å². The molecule has 0 unspecified atom stereocenters. The lowest BCUT2D eigenvalue weighted by molar-refractivity contribution is 0.373. The summed E-state index contributed by atoms with van der Waals surface area (Å²) < 4.78 is 7.71. The van der Waals surface area contributed by atoms with Crippen LogP contribution in [0.2, 0.25) is 0 Å². The lowest BCUT2D eigenvalue weighted by atomic mass is 10.1. The Morgan fingerprint density at radius 3 is 2.81 bits per heavy atom. The molecule has 0 atom stereocenters. The Morgan fingerprint density at radius 2 is 1.97 bits per heavy atom. The number of para-hydroxylation sites is 2. The van der Waals surface area contributed by atoms with Crippen molar-refractivity contribution in [3.8, 4) is 17.2 Å². The minimum atomic E-state index is -0.150. The number of benzene rings is 3. The number of hydrogen-bond donors (Lipinski definition) is 1. The van der Waals surface area contributed by atoms with Crippen LogP contribution in [0.3, 0.4) is 0 Å². The summed E-state index contributed by atoms with van der Waals surface area (Å²) in [5.74, 6) is 0.770.